The van der Waals surface area contributed by atoms with Gasteiger partial charge < -0.3 is 9.47 Å². The topological polar surface area (TPSA) is 35.5 Å². The van der Waals surface area contributed by atoms with Gasteiger partial charge in [0, 0.05) is 13.3 Å². The van der Waals surface area contributed by atoms with Crippen LogP contribution in [0.25, 0.3) is 0 Å². The van der Waals surface area contributed by atoms with E-state index >= 15 is 0 Å². The molecule has 108 valence electrons. The maximum atomic E-state index is 10.9. The molecule has 0 bridgehead atoms. The van der Waals surface area contributed by atoms with Gasteiger partial charge in [0.25, 0.3) is 0 Å². The Balaban J connectivity index is 2.50. The standard InChI is InChI=1S/C17H22O3/c1-4-5-11-17(20-15(3)19-14(2)18)13-12-16-9-7-6-8-10-16/h6-10,15,17H,11-13H2,1-3H3. The Bertz CT molecular complexity index is 456. The second kappa shape index (κ2) is 9.17. The highest BCUT2D eigenvalue weighted by Crippen LogP contribution is 2.12. The zero-order valence-corrected chi connectivity index (χ0v) is 12.4. The van der Waals surface area contributed by atoms with E-state index in [9.17, 15) is 4.79 Å². The average molecular weight is 274 g/mol. The zero-order valence-electron chi connectivity index (χ0n) is 12.4. The molecule has 20 heavy (non-hydrogen) atoms. The number of hydrogen-bond acceptors (Lipinski definition) is 3. The van der Waals surface area contributed by atoms with Gasteiger partial charge >= 0.3 is 5.97 Å². The highest BCUT2D eigenvalue weighted by molar-refractivity contribution is 5.65. The van der Waals surface area contributed by atoms with Crippen molar-refractivity contribution < 1.29 is 14.3 Å². The van der Waals surface area contributed by atoms with Crippen LogP contribution in [-0.2, 0) is 20.7 Å². The van der Waals surface area contributed by atoms with E-state index in [1.54, 1.807) is 6.92 Å². The fourth-order valence-electron chi connectivity index (χ4n) is 1.94. The summed E-state index contributed by atoms with van der Waals surface area (Å²) in [5.41, 5.74) is 1.27. The number of ether oxygens (including phenoxy) is 2. The second-order valence-corrected chi connectivity index (χ2v) is 4.59. The molecule has 0 N–H and O–H groups in total. The Morgan fingerprint density at radius 1 is 1.30 bits per heavy atom. The van der Waals surface area contributed by atoms with Crippen LogP contribution in [0.4, 0.5) is 0 Å². The van der Waals surface area contributed by atoms with Crippen molar-refractivity contribution in [2.75, 3.05) is 0 Å². The Kier molecular flexibility index (Phi) is 7.46. The van der Waals surface area contributed by atoms with E-state index in [0.29, 0.717) is 6.42 Å². The van der Waals surface area contributed by atoms with Crippen molar-refractivity contribution in [3.05, 3.63) is 35.9 Å². The minimum Gasteiger partial charge on any atom is -0.436 e. The van der Waals surface area contributed by atoms with Crippen LogP contribution in [-0.4, -0.2) is 18.4 Å². The summed E-state index contributed by atoms with van der Waals surface area (Å²) in [6.07, 6.45) is 1.85. The molecule has 0 heterocycles. The average Bonchev–Trinajstić information content (AvgIpc) is 2.42. The molecule has 0 saturated carbocycles. The number of hydrogen-bond donors (Lipinski definition) is 0. The first kappa shape index (κ1) is 16.3. The molecule has 1 rings (SSSR count). The molecule has 0 spiro atoms. The highest BCUT2D eigenvalue weighted by Gasteiger charge is 2.14. The molecule has 0 saturated heterocycles. The summed E-state index contributed by atoms with van der Waals surface area (Å²) >= 11 is 0. The number of carbonyl (C=O) groups is 1. The lowest BCUT2D eigenvalue weighted by Crippen LogP contribution is -2.24. The van der Waals surface area contributed by atoms with Gasteiger partial charge in [-0.15, -0.1) is 11.8 Å². The van der Waals surface area contributed by atoms with Gasteiger partial charge in [0.1, 0.15) is 0 Å². The van der Waals surface area contributed by atoms with E-state index in [0.717, 1.165) is 12.8 Å². The Labute approximate surface area is 121 Å². The molecule has 0 aliphatic carbocycles. The summed E-state index contributed by atoms with van der Waals surface area (Å²) in [6.45, 7) is 4.92. The van der Waals surface area contributed by atoms with Crippen LogP contribution in [0.2, 0.25) is 0 Å². The molecule has 3 heteroatoms. The lowest BCUT2D eigenvalue weighted by Gasteiger charge is -2.20. The van der Waals surface area contributed by atoms with Crippen LogP contribution in [0.5, 0.6) is 0 Å². The molecule has 0 aliphatic heterocycles. The third-order valence-electron chi connectivity index (χ3n) is 2.82. The van der Waals surface area contributed by atoms with Crippen molar-refractivity contribution in [3.8, 4) is 11.8 Å². The molecule has 0 radical (unpaired) electrons. The Morgan fingerprint density at radius 2 is 2.00 bits per heavy atom. The van der Waals surface area contributed by atoms with E-state index in [2.05, 4.69) is 24.0 Å². The predicted octanol–water partition coefficient (Wildman–Crippen LogP) is 3.33. The molecular weight excluding hydrogens is 252 g/mol. The van der Waals surface area contributed by atoms with Gasteiger partial charge in [-0.3, -0.25) is 4.79 Å². The van der Waals surface area contributed by atoms with Crippen LogP contribution >= 0.6 is 0 Å². The summed E-state index contributed by atoms with van der Waals surface area (Å²) in [6, 6.07) is 10.2. The highest BCUT2D eigenvalue weighted by atomic mass is 16.7. The van der Waals surface area contributed by atoms with Crippen molar-refractivity contribution in [2.45, 2.75) is 52.4 Å². The summed E-state index contributed by atoms with van der Waals surface area (Å²) in [7, 11) is 0. The largest absolute Gasteiger partial charge is 0.436 e. The number of benzene rings is 1. The zero-order chi connectivity index (χ0) is 14.8. The van der Waals surface area contributed by atoms with Gasteiger partial charge in [0.15, 0.2) is 6.29 Å². The number of aryl methyl sites for hydroxylation is 1. The van der Waals surface area contributed by atoms with Crippen LogP contribution in [0.3, 0.4) is 0 Å². The summed E-state index contributed by atoms with van der Waals surface area (Å²) < 4.78 is 10.7. The fraction of sp³-hybridized carbons (Fsp3) is 0.471. The van der Waals surface area contributed by atoms with Gasteiger partial charge in [-0.2, -0.15) is 0 Å². The van der Waals surface area contributed by atoms with Crippen LogP contribution < -0.4 is 0 Å². The van der Waals surface area contributed by atoms with Crippen molar-refractivity contribution in [1.29, 1.82) is 0 Å². The van der Waals surface area contributed by atoms with Gasteiger partial charge in [0.05, 0.1) is 6.10 Å². The molecule has 0 aromatic heterocycles. The molecule has 0 aliphatic rings. The van der Waals surface area contributed by atoms with Crippen LogP contribution in [0, 0.1) is 11.8 Å². The summed E-state index contributed by atoms with van der Waals surface area (Å²) in [4.78, 5) is 10.9. The van der Waals surface area contributed by atoms with Gasteiger partial charge in [0.2, 0.25) is 0 Å². The monoisotopic (exact) mass is 274 g/mol. The first-order chi connectivity index (χ1) is 9.61. The Hall–Kier alpha value is -1.79. The fourth-order valence-corrected chi connectivity index (χ4v) is 1.94. The molecular formula is C17H22O3. The minimum absolute atomic E-state index is 0.0305. The molecule has 3 nitrogen and oxygen atoms in total. The minimum atomic E-state index is -0.535. The lowest BCUT2D eigenvalue weighted by molar-refractivity contribution is -0.182. The van der Waals surface area contributed by atoms with E-state index in [-0.39, 0.29) is 12.1 Å². The number of carbonyl (C=O) groups excluding carboxylic acids is 1. The third-order valence-corrected chi connectivity index (χ3v) is 2.82. The molecule has 0 amide bonds. The Morgan fingerprint density at radius 3 is 2.60 bits per heavy atom. The van der Waals surface area contributed by atoms with Crippen molar-refractivity contribution in [3.63, 3.8) is 0 Å². The molecule has 1 aromatic rings. The van der Waals surface area contributed by atoms with Crippen molar-refractivity contribution in [2.24, 2.45) is 0 Å². The van der Waals surface area contributed by atoms with Gasteiger partial charge in [-0.1, -0.05) is 30.3 Å². The smallest absolute Gasteiger partial charge is 0.304 e. The lowest BCUT2D eigenvalue weighted by atomic mass is 10.1. The molecule has 2 unspecified atom stereocenters. The van der Waals surface area contributed by atoms with Gasteiger partial charge in [-0.25, -0.2) is 0 Å². The second-order valence-electron chi connectivity index (χ2n) is 4.59. The molecule has 1 aromatic carbocycles. The maximum absolute atomic E-state index is 10.9. The molecule has 0 fully saturated rings. The van der Waals surface area contributed by atoms with E-state index in [1.807, 2.05) is 25.1 Å². The SMILES string of the molecule is CC#CCC(CCc1ccccc1)OC(C)OC(C)=O. The third kappa shape index (κ3) is 6.96. The van der Waals surface area contributed by atoms with E-state index < -0.39 is 6.29 Å². The van der Waals surface area contributed by atoms with Crippen LogP contribution in [0.1, 0.15) is 39.2 Å². The maximum Gasteiger partial charge on any atom is 0.304 e. The molecule has 2 atom stereocenters. The van der Waals surface area contributed by atoms with E-state index in [1.165, 1.54) is 12.5 Å². The first-order valence-electron chi connectivity index (χ1n) is 6.88. The van der Waals surface area contributed by atoms with Crippen LogP contribution in [0.15, 0.2) is 30.3 Å². The van der Waals surface area contributed by atoms with Crippen molar-refractivity contribution in [1.82, 2.24) is 0 Å². The van der Waals surface area contributed by atoms with E-state index in [4.69, 9.17) is 9.47 Å². The number of esters is 1. The first-order valence-corrected chi connectivity index (χ1v) is 6.88. The number of rotatable bonds is 7. The normalized spacial score (nSPS) is 12.9. The summed E-state index contributed by atoms with van der Waals surface area (Å²) in [5, 5.41) is 0. The van der Waals surface area contributed by atoms with Gasteiger partial charge in [-0.05, 0) is 32.3 Å². The quantitative estimate of drug-likeness (QED) is 0.434. The predicted molar refractivity (Wildman–Crippen MR) is 78.9 cm³/mol. The summed E-state index contributed by atoms with van der Waals surface area (Å²) in [5.74, 6) is 5.57. The van der Waals surface area contributed by atoms with Crippen molar-refractivity contribution >= 4 is 5.97 Å².